The van der Waals surface area contributed by atoms with Gasteiger partial charge in [-0.1, -0.05) is 44.2 Å². The number of carbonyl (C=O) groups is 3. The number of hydrogen-bond donors (Lipinski definition) is 3. The minimum atomic E-state index is -0.633. The van der Waals surface area contributed by atoms with E-state index in [1.165, 1.54) is 5.56 Å². The predicted octanol–water partition coefficient (Wildman–Crippen LogP) is 0.359. The predicted molar refractivity (Wildman–Crippen MR) is 102 cm³/mol. The molecule has 1 saturated heterocycles. The first-order chi connectivity index (χ1) is 12.9. The Bertz CT molecular complexity index is 706. The van der Waals surface area contributed by atoms with Gasteiger partial charge in [-0.3, -0.25) is 14.4 Å². The zero-order valence-electron chi connectivity index (χ0n) is 15.9. The van der Waals surface area contributed by atoms with Crippen molar-refractivity contribution in [2.45, 2.75) is 50.7 Å². The first-order valence-corrected chi connectivity index (χ1v) is 9.54. The lowest BCUT2D eigenvalue weighted by Crippen LogP contribution is -2.48. The normalized spacial score (nSPS) is 25.4. The van der Waals surface area contributed by atoms with Crippen LogP contribution >= 0.6 is 0 Å². The van der Waals surface area contributed by atoms with Crippen LogP contribution in [0.2, 0.25) is 0 Å². The second-order valence-corrected chi connectivity index (χ2v) is 7.82. The van der Waals surface area contributed by atoms with Crippen molar-refractivity contribution in [3.05, 3.63) is 35.9 Å². The van der Waals surface area contributed by atoms with E-state index in [-0.39, 0.29) is 42.3 Å². The maximum Gasteiger partial charge on any atom is 0.239 e. The van der Waals surface area contributed by atoms with Crippen LogP contribution in [0.25, 0.3) is 0 Å². The van der Waals surface area contributed by atoms with Crippen molar-refractivity contribution in [2.75, 3.05) is 13.1 Å². The average molecular weight is 372 g/mol. The number of carbonyl (C=O) groups excluding carboxylic acids is 3. The molecule has 2 fully saturated rings. The molecule has 1 saturated carbocycles. The van der Waals surface area contributed by atoms with Gasteiger partial charge in [-0.05, 0) is 17.9 Å². The summed E-state index contributed by atoms with van der Waals surface area (Å²) in [6.07, 6.45) is 1.28. The maximum absolute atomic E-state index is 12.3. The van der Waals surface area contributed by atoms with Crippen molar-refractivity contribution in [1.29, 1.82) is 0 Å². The average Bonchev–Trinajstić information content (AvgIpc) is 3.36. The molecular weight excluding hydrogens is 344 g/mol. The summed E-state index contributed by atoms with van der Waals surface area (Å²) in [6.45, 7) is 4.10. The third-order valence-electron chi connectivity index (χ3n) is 5.35. The fraction of sp³-hybridized carbons (Fsp3) is 0.550. The van der Waals surface area contributed by atoms with Crippen molar-refractivity contribution in [3.63, 3.8) is 0 Å². The lowest BCUT2D eigenvalue weighted by Gasteiger charge is -2.18. The van der Waals surface area contributed by atoms with Crippen molar-refractivity contribution >= 4 is 17.7 Å². The van der Waals surface area contributed by atoms with E-state index in [4.69, 9.17) is 5.73 Å². The molecule has 3 rings (SSSR count). The molecule has 0 radical (unpaired) electrons. The van der Waals surface area contributed by atoms with Crippen LogP contribution in [0.15, 0.2) is 30.3 Å². The molecule has 2 aliphatic rings. The van der Waals surface area contributed by atoms with Gasteiger partial charge in [0.1, 0.15) is 0 Å². The number of nitrogens with two attached hydrogens (primary N) is 1. The summed E-state index contributed by atoms with van der Waals surface area (Å²) in [4.78, 5) is 38.1. The first kappa shape index (κ1) is 19.4. The van der Waals surface area contributed by atoms with Gasteiger partial charge in [0.15, 0.2) is 0 Å². The third-order valence-corrected chi connectivity index (χ3v) is 5.35. The quantitative estimate of drug-likeness (QED) is 0.643. The zero-order chi connectivity index (χ0) is 19.6. The van der Waals surface area contributed by atoms with E-state index in [1.807, 2.05) is 36.9 Å². The summed E-state index contributed by atoms with van der Waals surface area (Å²) in [6, 6.07) is 9.58. The Morgan fingerprint density at radius 3 is 2.63 bits per heavy atom. The number of nitrogens with zero attached hydrogens (tertiary/aromatic N) is 1. The number of likely N-dealkylation sites (tertiary alicyclic amines) is 1. The van der Waals surface area contributed by atoms with Crippen LogP contribution in [0.5, 0.6) is 0 Å². The van der Waals surface area contributed by atoms with Gasteiger partial charge in [0.05, 0.1) is 18.6 Å². The van der Waals surface area contributed by atoms with Crippen LogP contribution in [-0.2, 0) is 14.4 Å². The number of benzene rings is 1. The van der Waals surface area contributed by atoms with Gasteiger partial charge in [-0.2, -0.15) is 0 Å². The Kier molecular flexibility index (Phi) is 5.79. The highest BCUT2D eigenvalue weighted by molar-refractivity contribution is 5.88. The summed E-state index contributed by atoms with van der Waals surface area (Å²) in [7, 11) is 0. The summed E-state index contributed by atoms with van der Waals surface area (Å²) < 4.78 is 0. The lowest BCUT2D eigenvalue weighted by atomic mass is 10.1. The van der Waals surface area contributed by atoms with Crippen molar-refractivity contribution in [1.82, 2.24) is 15.5 Å². The molecule has 0 aromatic heterocycles. The van der Waals surface area contributed by atoms with Gasteiger partial charge in [-0.15, -0.1) is 0 Å². The van der Waals surface area contributed by atoms with Crippen LogP contribution < -0.4 is 16.4 Å². The lowest BCUT2D eigenvalue weighted by molar-refractivity contribution is -0.128. The van der Waals surface area contributed by atoms with E-state index in [0.29, 0.717) is 18.9 Å². The second kappa shape index (κ2) is 8.08. The molecule has 7 nitrogen and oxygen atoms in total. The van der Waals surface area contributed by atoms with Crippen molar-refractivity contribution < 1.29 is 14.4 Å². The van der Waals surface area contributed by atoms with Crippen molar-refractivity contribution in [2.24, 2.45) is 11.7 Å². The SMILES string of the molecule is CC(C)[C@H](N)C(=O)NCC(=O)NC1CC(=O)N(C2CC2c2ccccc2)C1. The molecule has 146 valence electrons. The summed E-state index contributed by atoms with van der Waals surface area (Å²) in [5, 5.41) is 5.39. The van der Waals surface area contributed by atoms with E-state index in [2.05, 4.69) is 22.8 Å². The maximum atomic E-state index is 12.3. The van der Waals surface area contributed by atoms with Gasteiger partial charge >= 0.3 is 0 Å². The highest BCUT2D eigenvalue weighted by Crippen LogP contribution is 2.45. The van der Waals surface area contributed by atoms with Crippen molar-refractivity contribution in [3.8, 4) is 0 Å². The van der Waals surface area contributed by atoms with Crippen LogP contribution in [0.3, 0.4) is 0 Å². The van der Waals surface area contributed by atoms with E-state index in [1.54, 1.807) is 0 Å². The van der Waals surface area contributed by atoms with Crippen LogP contribution in [0, 0.1) is 5.92 Å². The molecule has 1 aliphatic heterocycles. The number of amides is 3. The van der Waals surface area contributed by atoms with Gasteiger partial charge in [0.2, 0.25) is 17.7 Å². The molecule has 1 aromatic rings. The fourth-order valence-electron chi connectivity index (χ4n) is 3.60. The smallest absolute Gasteiger partial charge is 0.239 e. The van der Waals surface area contributed by atoms with Crippen LogP contribution in [-0.4, -0.2) is 53.8 Å². The van der Waals surface area contributed by atoms with E-state index in [0.717, 1.165) is 6.42 Å². The summed E-state index contributed by atoms with van der Waals surface area (Å²) >= 11 is 0. The summed E-state index contributed by atoms with van der Waals surface area (Å²) in [5.41, 5.74) is 7.01. The first-order valence-electron chi connectivity index (χ1n) is 9.54. The molecule has 1 heterocycles. The minimum Gasteiger partial charge on any atom is -0.350 e. The second-order valence-electron chi connectivity index (χ2n) is 7.82. The molecule has 4 N–H and O–H groups in total. The van der Waals surface area contributed by atoms with E-state index in [9.17, 15) is 14.4 Å². The number of nitrogens with one attached hydrogen (secondary N) is 2. The molecule has 0 bridgehead atoms. The number of rotatable bonds is 7. The largest absolute Gasteiger partial charge is 0.350 e. The Morgan fingerprint density at radius 2 is 1.96 bits per heavy atom. The fourth-order valence-corrected chi connectivity index (χ4v) is 3.60. The topological polar surface area (TPSA) is 105 Å². The standard InChI is InChI=1S/C20H28N4O3/c1-12(2)19(21)20(27)22-10-17(25)23-14-8-18(26)24(11-14)16-9-15(16)13-6-4-3-5-7-13/h3-7,12,14-16,19H,8-11,21H2,1-2H3,(H,22,27)(H,23,25)/t14?,15?,16?,19-/m0/s1. The molecule has 4 atom stereocenters. The van der Waals surface area contributed by atoms with E-state index >= 15 is 0 Å². The Morgan fingerprint density at radius 1 is 1.26 bits per heavy atom. The van der Waals surface area contributed by atoms with Gasteiger partial charge < -0.3 is 21.3 Å². The molecule has 1 aliphatic carbocycles. The minimum absolute atomic E-state index is 0.00479. The molecule has 3 amide bonds. The Labute approximate surface area is 159 Å². The molecule has 0 spiro atoms. The molecule has 27 heavy (non-hydrogen) atoms. The third kappa shape index (κ3) is 4.66. The van der Waals surface area contributed by atoms with Gasteiger partial charge in [0, 0.05) is 24.9 Å². The van der Waals surface area contributed by atoms with Gasteiger partial charge in [-0.25, -0.2) is 0 Å². The summed E-state index contributed by atoms with van der Waals surface area (Å²) in [5.74, 6) is -0.163. The molecular formula is C20H28N4O3. The number of hydrogen-bond acceptors (Lipinski definition) is 4. The zero-order valence-corrected chi connectivity index (χ0v) is 15.9. The van der Waals surface area contributed by atoms with E-state index < -0.39 is 6.04 Å². The van der Waals surface area contributed by atoms with Gasteiger partial charge in [0.25, 0.3) is 0 Å². The highest BCUT2D eigenvalue weighted by atomic mass is 16.2. The molecule has 7 heteroatoms. The Balaban J connectivity index is 1.44. The highest BCUT2D eigenvalue weighted by Gasteiger charge is 2.47. The molecule has 1 aromatic carbocycles. The molecule has 3 unspecified atom stereocenters. The van der Waals surface area contributed by atoms with Crippen LogP contribution in [0.1, 0.15) is 38.2 Å². The Hall–Kier alpha value is -2.41. The van der Waals surface area contributed by atoms with Crippen LogP contribution in [0.4, 0.5) is 0 Å². The monoisotopic (exact) mass is 372 g/mol.